The lowest BCUT2D eigenvalue weighted by atomic mass is 10.1. The van der Waals surface area contributed by atoms with Gasteiger partial charge in [0.1, 0.15) is 0 Å². The Balaban J connectivity index is 1.56. The van der Waals surface area contributed by atoms with Crippen molar-refractivity contribution in [2.45, 2.75) is 25.3 Å². The number of para-hydroxylation sites is 1. The minimum absolute atomic E-state index is 0.105. The largest absolute Gasteiger partial charge is 0.339 e. The summed E-state index contributed by atoms with van der Waals surface area (Å²) in [5.74, 6) is 1.54. The molecule has 0 N–H and O–H groups in total. The normalized spacial score (nSPS) is 14.1. The first kappa shape index (κ1) is 13.9. The molecule has 1 aliphatic carbocycles. The Morgan fingerprint density at radius 2 is 2.13 bits per heavy atom. The number of nitrogens with zero attached hydrogens (tertiary/aromatic N) is 4. The lowest BCUT2D eigenvalue weighted by Gasteiger charge is -2.15. The molecular weight excluding hydrogens is 292 g/mol. The molecule has 2 heterocycles. The highest BCUT2D eigenvalue weighted by atomic mass is 16.5. The van der Waals surface area contributed by atoms with Crippen molar-refractivity contribution in [1.29, 1.82) is 0 Å². The average Bonchev–Trinajstić information content (AvgIpc) is 3.33. The second-order valence-electron chi connectivity index (χ2n) is 5.87. The molecule has 6 nitrogen and oxygen atoms in total. The van der Waals surface area contributed by atoms with Gasteiger partial charge in [0.05, 0.1) is 17.6 Å². The van der Waals surface area contributed by atoms with Crippen LogP contribution in [0.15, 0.2) is 41.1 Å². The maximum absolute atomic E-state index is 12.7. The van der Waals surface area contributed by atoms with E-state index in [1.807, 2.05) is 24.3 Å². The highest BCUT2D eigenvalue weighted by molar-refractivity contribution is 6.05. The molecule has 0 unspecified atom stereocenters. The monoisotopic (exact) mass is 308 g/mol. The zero-order valence-electron chi connectivity index (χ0n) is 12.8. The second-order valence-corrected chi connectivity index (χ2v) is 5.87. The number of hydrogen-bond acceptors (Lipinski definition) is 5. The molecule has 1 amide bonds. The van der Waals surface area contributed by atoms with Crippen molar-refractivity contribution in [3.05, 3.63) is 53.8 Å². The third kappa shape index (κ3) is 2.67. The van der Waals surface area contributed by atoms with Crippen molar-refractivity contribution in [1.82, 2.24) is 20.0 Å². The van der Waals surface area contributed by atoms with Gasteiger partial charge in [-0.1, -0.05) is 23.4 Å². The molecule has 2 aromatic heterocycles. The van der Waals surface area contributed by atoms with E-state index in [1.54, 1.807) is 24.2 Å². The molecule has 0 atom stereocenters. The van der Waals surface area contributed by atoms with Gasteiger partial charge in [0, 0.05) is 24.5 Å². The first-order chi connectivity index (χ1) is 11.2. The lowest BCUT2D eigenvalue weighted by molar-refractivity contribution is 0.0782. The van der Waals surface area contributed by atoms with E-state index in [2.05, 4.69) is 15.1 Å². The lowest BCUT2D eigenvalue weighted by Crippen LogP contribution is -2.27. The number of carbonyl (C=O) groups excluding carboxylic acids is 1. The fraction of sp³-hybridized carbons (Fsp3) is 0.294. The number of aromatic nitrogens is 3. The number of pyridine rings is 1. The summed E-state index contributed by atoms with van der Waals surface area (Å²) in [6, 6.07) is 9.41. The van der Waals surface area contributed by atoms with Crippen molar-refractivity contribution in [2.24, 2.45) is 0 Å². The van der Waals surface area contributed by atoms with E-state index in [0.717, 1.165) is 18.2 Å². The molecule has 1 aliphatic rings. The molecule has 1 aromatic carbocycles. The Morgan fingerprint density at radius 1 is 1.30 bits per heavy atom. The maximum Gasteiger partial charge on any atom is 0.256 e. The molecule has 23 heavy (non-hydrogen) atoms. The van der Waals surface area contributed by atoms with Crippen molar-refractivity contribution in [3.8, 4) is 0 Å². The smallest absolute Gasteiger partial charge is 0.256 e. The summed E-state index contributed by atoms with van der Waals surface area (Å²) in [7, 11) is 1.73. The number of hydrogen-bond donors (Lipinski definition) is 0. The van der Waals surface area contributed by atoms with Crippen LogP contribution in [0, 0.1) is 0 Å². The predicted molar refractivity (Wildman–Crippen MR) is 83.8 cm³/mol. The maximum atomic E-state index is 12.7. The highest BCUT2D eigenvalue weighted by Gasteiger charge is 2.30. The van der Waals surface area contributed by atoms with Crippen molar-refractivity contribution in [3.63, 3.8) is 0 Å². The van der Waals surface area contributed by atoms with Crippen LogP contribution in [0.25, 0.3) is 10.9 Å². The van der Waals surface area contributed by atoms with Gasteiger partial charge in [0.2, 0.25) is 5.89 Å². The highest BCUT2D eigenvalue weighted by Crippen LogP contribution is 2.38. The molecule has 6 heteroatoms. The molecule has 116 valence electrons. The van der Waals surface area contributed by atoms with Crippen LogP contribution in [0.3, 0.4) is 0 Å². The van der Waals surface area contributed by atoms with Gasteiger partial charge in [0.15, 0.2) is 5.82 Å². The summed E-state index contributed by atoms with van der Waals surface area (Å²) in [5.41, 5.74) is 1.29. The molecule has 1 saturated carbocycles. The van der Waals surface area contributed by atoms with E-state index in [1.165, 1.54) is 0 Å². The van der Waals surface area contributed by atoms with Gasteiger partial charge in [-0.3, -0.25) is 9.78 Å². The SMILES string of the molecule is CN(Cc1noc(C2CC2)n1)C(=O)c1cccc2cccnc12. The molecule has 0 aliphatic heterocycles. The zero-order valence-corrected chi connectivity index (χ0v) is 12.8. The topological polar surface area (TPSA) is 72.1 Å². The van der Waals surface area contributed by atoms with E-state index < -0.39 is 0 Å². The third-order valence-corrected chi connectivity index (χ3v) is 4.00. The third-order valence-electron chi connectivity index (χ3n) is 4.00. The zero-order chi connectivity index (χ0) is 15.8. The quantitative estimate of drug-likeness (QED) is 0.741. The van der Waals surface area contributed by atoms with E-state index in [9.17, 15) is 4.79 Å². The van der Waals surface area contributed by atoms with E-state index in [0.29, 0.717) is 35.3 Å². The number of rotatable bonds is 4. The molecule has 0 radical (unpaired) electrons. The second kappa shape index (κ2) is 5.46. The summed E-state index contributed by atoms with van der Waals surface area (Å²) in [6.45, 7) is 0.318. The van der Waals surface area contributed by atoms with Crippen molar-refractivity contribution < 1.29 is 9.32 Å². The molecule has 0 spiro atoms. The molecule has 0 saturated heterocycles. The summed E-state index contributed by atoms with van der Waals surface area (Å²) in [6.07, 6.45) is 3.91. The molecule has 3 aromatic rings. The van der Waals surface area contributed by atoms with Gasteiger partial charge >= 0.3 is 0 Å². The molecule has 1 fully saturated rings. The first-order valence-electron chi connectivity index (χ1n) is 7.64. The Labute approximate surface area is 133 Å². The van der Waals surface area contributed by atoms with Crippen LogP contribution in [0.5, 0.6) is 0 Å². The van der Waals surface area contributed by atoms with Crippen molar-refractivity contribution in [2.75, 3.05) is 7.05 Å². The Hall–Kier alpha value is -2.76. The Morgan fingerprint density at radius 3 is 2.96 bits per heavy atom. The van der Waals surface area contributed by atoms with Gasteiger partial charge in [-0.2, -0.15) is 4.98 Å². The summed E-state index contributed by atoms with van der Waals surface area (Å²) < 4.78 is 5.23. The minimum Gasteiger partial charge on any atom is -0.339 e. The Bertz CT molecular complexity index is 864. The fourth-order valence-electron chi connectivity index (χ4n) is 2.59. The van der Waals surface area contributed by atoms with Crippen LogP contribution < -0.4 is 0 Å². The van der Waals surface area contributed by atoms with E-state index >= 15 is 0 Å². The molecule has 4 rings (SSSR count). The van der Waals surface area contributed by atoms with Gasteiger partial charge in [-0.25, -0.2) is 0 Å². The number of amides is 1. The van der Waals surface area contributed by atoms with Crippen LogP contribution in [-0.4, -0.2) is 33.0 Å². The van der Waals surface area contributed by atoms with Gasteiger partial charge in [-0.15, -0.1) is 0 Å². The van der Waals surface area contributed by atoms with Crippen LogP contribution in [-0.2, 0) is 6.54 Å². The Kier molecular flexibility index (Phi) is 3.29. The van der Waals surface area contributed by atoms with E-state index in [-0.39, 0.29) is 5.91 Å². The van der Waals surface area contributed by atoms with E-state index in [4.69, 9.17) is 4.52 Å². The standard InChI is InChI=1S/C17H16N4O2/c1-21(10-14-19-16(23-20-14)12-7-8-12)17(22)13-6-2-4-11-5-3-9-18-15(11)13/h2-6,9,12H,7-8,10H2,1H3. The minimum atomic E-state index is -0.105. The van der Waals surface area contributed by atoms with Gasteiger partial charge in [-0.05, 0) is 25.0 Å². The summed E-state index contributed by atoms with van der Waals surface area (Å²) in [5, 5.41) is 4.91. The first-order valence-corrected chi connectivity index (χ1v) is 7.64. The number of carbonyl (C=O) groups is 1. The van der Waals surface area contributed by atoms with Crippen LogP contribution in [0.2, 0.25) is 0 Å². The van der Waals surface area contributed by atoms with Crippen LogP contribution in [0.1, 0.15) is 40.8 Å². The van der Waals surface area contributed by atoms with Crippen LogP contribution in [0.4, 0.5) is 0 Å². The summed E-state index contributed by atoms with van der Waals surface area (Å²) in [4.78, 5) is 23.0. The predicted octanol–water partition coefficient (Wildman–Crippen LogP) is 2.77. The van der Waals surface area contributed by atoms with Gasteiger partial charge < -0.3 is 9.42 Å². The molecule has 0 bridgehead atoms. The van der Waals surface area contributed by atoms with Crippen LogP contribution >= 0.6 is 0 Å². The number of benzene rings is 1. The molecular formula is C17H16N4O2. The summed E-state index contributed by atoms with van der Waals surface area (Å²) >= 11 is 0. The average molecular weight is 308 g/mol. The van der Waals surface area contributed by atoms with Gasteiger partial charge in [0.25, 0.3) is 5.91 Å². The number of fused-ring (bicyclic) bond motifs is 1. The van der Waals surface area contributed by atoms with Crippen molar-refractivity contribution >= 4 is 16.8 Å². The fourth-order valence-corrected chi connectivity index (χ4v) is 2.59.